The quantitative estimate of drug-likeness (QED) is 0.719. The van der Waals surface area contributed by atoms with Crippen LogP contribution in [0.1, 0.15) is 17.3 Å². The lowest BCUT2D eigenvalue weighted by Crippen LogP contribution is -2.55. The Morgan fingerprint density at radius 2 is 2.47 bits per heavy atom. The van der Waals surface area contributed by atoms with Crippen molar-refractivity contribution >= 4 is 11.8 Å². The summed E-state index contributed by atoms with van der Waals surface area (Å²) in [5, 5.41) is 2.71. The number of piperazine rings is 1. The van der Waals surface area contributed by atoms with Gasteiger partial charge in [0.2, 0.25) is 5.91 Å². The summed E-state index contributed by atoms with van der Waals surface area (Å²) in [6.07, 6.45) is 2.84. The minimum atomic E-state index is -0.416. The van der Waals surface area contributed by atoms with Gasteiger partial charge in [-0.2, -0.15) is 0 Å². The van der Waals surface area contributed by atoms with Gasteiger partial charge in [0.25, 0.3) is 5.91 Å². The topological polar surface area (TPSA) is 62.6 Å². The van der Waals surface area contributed by atoms with Gasteiger partial charge < -0.3 is 14.6 Å². The second-order valence-corrected chi connectivity index (χ2v) is 3.48. The highest BCUT2D eigenvalue weighted by Gasteiger charge is 2.30. The predicted molar refractivity (Wildman–Crippen MR) is 52.2 cm³/mol. The molecule has 1 aromatic heterocycles. The van der Waals surface area contributed by atoms with Crippen molar-refractivity contribution in [3.8, 4) is 0 Å². The summed E-state index contributed by atoms with van der Waals surface area (Å²) in [5.41, 5.74) is 0.483. The summed E-state index contributed by atoms with van der Waals surface area (Å²) in [7, 11) is 0. The molecule has 80 valence electrons. The molecule has 1 aliphatic heterocycles. The number of nitrogens with one attached hydrogen (secondary N) is 1. The third-order valence-electron chi connectivity index (χ3n) is 2.53. The highest BCUT2D eigenvalue weighted by Crippen LogP contribution is 2.11. The van der Waals surface area contributed by atoms with E-state index in [9.17, 15) is 9.59 Å². The molecule has 1 saturated heterocycles. The van der Waals surface area contributed by atoms with Crippen LogP contribution < -0.4 is 5.32 Å². The predicted octanol–water partition coefficient (Wildman–Crippen LogP) is 0.240. The monoisotopic (exact) mass is 208 g/mol. The van der Waals surface area contributed by atoms with Crippen LogP contribution in [-0.4, -0.2) is 35.8 Å². The van der Waals surface area contributed by atoms with Gasteiger partial charge in [0, 0.05) is 13.1 Å². The Hall–Kier alpha value is -1.78. The number of hydrogen-bond donors (Lipinski definition) is 1. The second kappa shape index (κ2) is 3.76. The van der Waals surface area contributed by atoms with E-state index in [1.54, 1.807) is 17.9 Å². The second-order valence-electron chi connectivity index (χ2n) is 3.48. The van der Waals surface area contributed by atoms with Gasteiger partial charge in [-0.1, -0.05) is 0 Å². The smallest absolute Gasteiger partial charge is 0.257 e. The normalized spacial score (nSPS) is 21.3. The number of nitrogens with zero attached hydrogens (tertiary/aromatic N) is 1. The molecular weight excluding hydrogens is 196 g/mol. The van der Waals surface area contributed by atoms with E-state index in [-0.39, 0.29) is 11.8 Å². The SMILES string of the molecule is CC1C(=O)NCCN1C(=O)c1ccoc1. The molecule has 15 heavy (non-hydrogen) atoms. The fourth-order valence-electron chi connectivity index (χ4n) is 1.61. The van der Waals surface area contributed by atoms with E-state index in [2.05, 4.69) is 5.32 Å². The summed E-state index contributed by atoms with van der Waals surface area (Å²) in [5.74, 6) is -0.274. The van der Waals surface area contributed by atoms with Crippen LogP contribution in [0.4, 0.5) is 0 Å². The maximum absolute atomic E-state index is 11.9. The molecule has 2 amide bonds. The van der Waals surface area contributed by atoms with Crippen molar-refractivity contribution in [2.45, 2.75) is 13.0 Å². The molecule has 0 spiro atoms. The van der Waals surface area contributed by atoms with Gasteiger partial charge in [-0.05, 0) is 13.0 Å². The Balaban J connectivity index is 2.16. The number of rotatable bonds is 1. The standard InChI is InChI=1S/C10H12N2O3/c1-7-9(13)11-3-4-12(7)10(14)8-2-5-15-6-8/h2,5-7H,3-4H2,1H3,(H,11,13). The lowest BCUT2D eigenvalue weighted by atomic mass is 10.1. The Morgan fingerprint density at radius 3 is 3.13 bits per heavy atom. The molecule has 2 heterocycles. The van der Waals surface area contributed by atoms with Gasteiger partial charge in [-0.25, -0.2) is 0 Å². The highest BCUT2D eigenvalue weighted by molar-refractivity contribution is 5.97. The zero-order valence-electron chi connectivity index (χ0n) is 8.40. The third kappa shape index (κ3) is 1.72. The van der Waals surface area contributed by atoms with Gasteiger partial charge in [0.05, 0.1) is 11.8 Å². The van der Waals surface area contributed by atoms with Crippen molar-refractivity contribution in [3.05, 3.63) is 24.2 Å². The molecule has 0 aromatic carbocycles. The van der Waals surface area contributed by atoms with Crippen LogP contribution in [0.25, 0.3) is 0 Å². The van der Waals surface area contributed by atoms with E-state index in [0.29, 0.717) is 18.7 Å². The number of hydrogen-bond acceptors (Lipinski definition) is 3. The lowest BCUT2D eigenvalue weighted by molar-refractivity contribution is -0.127. The molecule has 0 radical (unpaired) electrons. The van der Waals surface area contributed by atoms with Crippen molar-refractivity contribution in [1.82, 2.24) is 10.2 Å². The summed E-state index contributed by atoms with van der Waals surface area (Å²) in [4.78, 5) is 24.8. The Bertz CT molecular complexity index is 372. The van der Waals surface area contributed by atoms with Crippen molar-refractivity contribution in [2.24, 2.45) is 0 Å². The molecule has 0 saturated carbocycles. The molecule has 5 heteroatoms. The van der Waals surface area contributed by atoms with E-state index in [1.165, 1.54) is 12.5 Å². The van der Waals surface area contributed by atoms with Crippen LogP contribution in [-0.2, 0) is 4.79 Å². The first-order valence-corrected chi connectivity index (χ1v) is 4.81. The van der Waals surface area contributed by atoms with E-state index >= 15 is 0 Å². The first-order chi connectivity index (χ1) is 7.20. The van der Waals surface area contributed by atoms with Crippen LogP contribution in [0.3, 0.4) is 0 Å². The largest absolute Gasteiger partial charge is 0.472 e. The molecule has 1 atom stereocenters. The fourth-order valence-corrected chi connectivity index (χ4v) is 1.61. The summed E-state index contributed by atoms with van der Waals surface area (Å²) in [6.45, 7) is 2.76. The molecule has 1 unspecified atom stereocenters. The van der Waals surface area contributed by atoms with E-state index in [0.717, 1.165) is 0 Å². The van der Waals surface area contributed by atoms with Crippen LogP contribution in [0.15, 0.2) is 23.0 Å². The number of carbonyl (C=O) groups is 2. The number of carbonyl (C=O) groups excluding carboxylic acids is 2. The zero-order valence-corrected chi connectivity index (χ0v) is 8.40. The van der Waals surface area contributed by atoms with E-state index in [1.807, 2.05) is 0 Å². The van der Waals surface area contributed by atoms with Gasteiger partial charge in [0.1, 0.15) is 12.3 Å². The first kappa shape index (κ1) is 9.76. The van der Waals surface area contributed by atoms with Crippen LogP contribution >= 0.6 is 0 Å². The molecule has 1 fully saturated rings. The molecule has 1 aliphatic rings. The van der Waals surface area contributed by atoms with Gasteiger partial charge in [-0.3, -0.25) is 9.59 Å². The molecular formula is C10H12N2O3. The molecule has 1 aromatic rings. The molecule has 1 N–H and O–H groups in total. The molecule has 0 aliphatic carbocycles. The van der Waals surface area contributed by atoms with E-state index in [4.69, 9.17) is 4.42 Å². The van der Waals surface area contributed by atoms with E-state index < -0.39 is 6.04 Å². The Labute approximate surface area is 87.0 Å². The minimum Gasteiger partial charge on any atom is -0.472 e. The van der Waals surface area contributed by atoms with Crippen molar-refractivity contribution in [1.29, 1.82) is 0 Å². The summed E-state index contributed by atoms with van der Waals surface area (Å²) < 4.78 is 4.84. The van der Waals surface area contributed by atoms with Crippen LogP contribution in [0, 0.1) is 0 Å². The van der Waals surface area contributed by atoms with Crippen molar-refractivity contribution in [2.75, 3.05) is 13.1 Å². The molecule has 0 bridgehead atoms. The average Bonchev–Trinajstić information content (AvgIpc) is 2.74. The van der Waals surface area contributed by atoms with Crippen molar-refractivity contribution in [3.63, 3.8) is 0 Å². The Kier molecular flexibility index (Phi) is 2.45. The summed E-state index contributed by atoms with van der Waals surface area (Å²) >= 11 is 0. The third-order valence-corrected chi connectivity index (χ3v) is 2.53. The maximum atomic E-state index is 11.9. The maximum Gasteiger partial charge on any atom is 0.257 e. The summed E-state index contributed by atoms with van der Waals surface area (Å²) in [6, 6.07) is 1.18. The average molecular weight is 208 g/mol. The Morgan fingerprint density at radius 1 is 1.67 bits per heavy atom. The van der Waals surface area contributed by atoms with Gasteiger partial charge in [-0.15, -0.1) is 0 Å². The van der Waals surface area contributed by atoms with Gasteiger partial charge in [0.15, 0.2) is 0 Å². The first-order valence-electron chi connectivity index (χ1n) is 4.81. The van der Waals surface area contributed by atoms with Crippen molar-refractivity contribution < 1.29 is 14.0 Å². The molecule has 5 nitrogen and oxygen atoms in total. The lowest BCUT2D eigenvalue weighted by Gasteiger charge is -2.32. The minimum absolute atomic E-state index is 0.113. The van der Waals surface area contributed by atoms with Gasteiger partial charge >= 0.3 is 0 Å². The number of amides is 2. The highest BCUT2D eigenvalue weighted by atomic mass is 16.3. The zero-order chi connectivity index (χ0) is 10.8. The van der Waals surface area contributed by atoms with Crippen LogP contribution in [0.5, 0.6) is 0 Å². The fraction of sp³-hybridized carbons (Fsp3) is 0.400. The van der Waals surface area contributed by atoms with Crippen LogP contribution in [0.2, 0.25) is 0 Å². The molecule has 2 rings (SSSR count). The number of furan rings is 1.